The number of hydrogen-bond acceptors (Lipinski definition) is 5. The standard InChI is InChI=1S/C14H16N4OS/c1-8-3-4-10-12(5-8)20-14(17-10)18-13(19)11-7-15-9(2)6-16-11/h6-8H,3-5H2,1-2H3,(H,17,18,19). The average molecular weight is 288 g/mol. The van der Waals surface area contributed by atoms with Crippen molar-refractivity contribution in [1.82, 2.24) is 15.0 Å². The maximum atomic E-state index is 12.1. The smallest absolute Gasteiger partial charge is 0.277 e. The van der Waals surface area contributed by atoms with Crippen LogP contribution in [0.15, 0.2) is 12.4 Å². The Morgan fingerprint density at radius 2 is 2.25 bits per heavy atom. The van der Waals surface area contributed by atoms with E-state index in [9.17, 15) is 4.79 Å². The van der Waals surface area contributed by atoms with Crippen LogP contribution in [0.4, 0.5) is 5.13 Å². The molecule has 20 heavy (non-hydrogen) atoms. The van der Waals surface area contributed by atoms with Gasteiger partial charge < -0.3 is 0 Å². The number of nitrogens with zero attached hydrogens (tertiary/aromatic N) is 3. The molecule has 104 valence electrons. The monoisotopic (exact) mass is 288 g/mol. The van der Waals surface area contributed by atoms with Gasteiger partial charge in [-0.25, -0.2) is 9.97 Å². The molecule has 0 bridgehead atoms. The lowest BCUT2D eigenvalue weighted by molar-refractivity contribution is 0.102. The summed E-state index contributed by atoms with van der Waals surface area (Å²) in [4.78, 5) is 26.0. The molecule has 0 radical (unpaired) electrons. The minimum absolute atomic E-state index is 0.253. The average Bonchev–Trinajstić information content (AvgIpc) is 2.80. The zero-order valence-corrected chi connectivity index (χ0v) is 12.3. The van der Waals surface area contributed by atoms with E-state index in [4.69, 9.17) is 0 Å². The molecule has 1 N–H and O–H groups in total. The molecule has 0 spiro atoms. The highest BCUT2D eigenvalue weighted by atomic mass is 32.1. The fourth-order valence-electron chi connectivity index (χ4n) is 2.26. The Labute approximate surface area is 121 Å². The molecular formula is C14H16N4OS. The summed E-state index contributed by atoms with van der Waals surface area (Å²) in [5.74, 6) is 0.450. The Morgan fingerprint density at radius 3 is 3.00 bits per heavy atom. The molecular weight excluding hydrogens is 272 g/mol. The first-order chi connectivity index (χ1) is 9.61. The van der Waals surface area contributed by atoms with Gasteiger partial charge in [0.1, 0.15) is 5.69 Å². The number of hydrogen-bond donors (Lipinski definition) is 1. The minimum atomic E-state index is -0.253. The van der Waals surface area contributed by atoms with Crippen LogP contribution in [0.5, 0.6) is 0 Å². The third-order valence-electron chi connectivity index (χ3n) is 3.42. The minimum Gasteiger partial charge on any atom is -0.296 e. The molecule has 3 rings (SSSR count). The Balaban J connectivity index is 1.75. The number of thiazole rings is 1. The summed E-state index contributed by atoms with van der Waals surface area (Å²) in [5, 5.41) is 3.48. The Bertz CT molecular complexity index is 635. The van der Waals surface area contributed by atoms with Gasteiger partial charge in [0.05, 0.1) is 17.6 Å². The van der Waals surface area contributed by atoms with Crippen molar-refractivity contribution in [2.24, 2.45) is 5.92 Å². The SMILES string of the molecule is Cc1cnc(C(=O)Nc2nc3c(s2)CC(C)CC3)cn1. The summed E-state index contributed by atoms with van der Waals surface area (Å²) in [6.07, 6.45) is 6.32. The zero-order valence-electron chi connectivity index (χ0n) is 11.5. The molecule has 0 saturated heterocycles. The van der Waals surface area contributed by atoms with Gasteiger partial charge in [-0.3, -0.25) is 15.1 Å². The van der Waals surface area contributed by atoms with Crippen molar-refractivity contribution < 1.29 is 4.79 Å². The maximum Gasteiger partial charge on any atom is 0.277 e. The fourth-order valence-corrected chi connectivity index (χ4v) is 3.43. The number of aromatic nitrogens is 3. The van der Waals surface area contributed by atoms with Crippen molar-refractivity contribution in [3.63, 3.8) is 0 Å². The highest BCUT2D eigenvalue weighted by Gasteiger charge is 2.20. The van der Waals surface area contributed by atoms with Crippen LogP contribution < -0.4 is 5.32 Å². The predicted molar refractivity (Wildman–Crippen MR) is 78.0 cm³/mol. The van der Waals surface area contributed by atoms with Crippen LogP contribution in [0.2, 0.25) is 0 Å². The zero-order chi connectivity index (χ0) is 14.1. The predicted octanol–water partition coefficient (Wildman–Crippen LogP) is 2.62. The summed E-state index contributed by atoms with van der Waals surface area (Å²) in [5.41, 5.74) is 2.25. The van der Waals surface area contributed by atoms with E-state index in [2.05, 4.69) is 27.2 Å². The van der Waals surface area contributed by atoms with Gasteiger partial charge in [-0.15, -0.1) is 11.3 Å². The lowest BCUT2D eigenvalue weighted by Crippen LogP contribution is -2.14. The number of rotatable bonds is 2. The fraction of sp³-hybridized carbons (Fsp3) is 0.429. The molecule has 5 nitrogen and oxygen atoms in total. The van der Waals surface area contributed by atoms with Gasteiger partial charge in [0.2, 0.25) is 0 Å². The van der Waals surface area contributed by atoms with Gasteiger partial charge in [0.25, 0.3) is 5.91 Å². The molecule has 1 atom stereocenters. The number of aryl methyl sites for hydroxylation is 2. The van der Waals surface area contributed by atoms with E-state index in [1.807, 2.05) is 6.92 Å². The lowest BCUT2D eigenvalue weighted by atomic mass is 9.93. The van der Waals surface area contributed by atoms with Crippen LogP contribution >= 0.6 is 11.3 Å². The molecule has 1 unspecified atom stereocenters. The van der Waals surface area contributed by atoms with Gasteiger partial charge >= 0.3 is 0 Å². The first kappa shape index (κ1) is 13.2. The van der Waals surface area contributed by atoms with Crippen molar-refractivity contribution in [3.05, 3.63) is 34.4 Å². The third-order valence-corrected chi connectivity index (χ3v) is 4.46. The first-order valence-corrected chi connectivity index (χ1v) is 7.52. The Morgan fingerprint density at radius 1 is 1.40 bits per heavy atom. The number of nitrogens with one attached hydrogen (secondary N) is 1. The first-order valence-electron chi connectivity index (χ1n) is 6.70. The van der Waals surface area contributed by atoms with E-state index in [-0.39, 0.29) is 5.91 Å². The van der Waals surface area contributed by atoms with E-state index >= 15 is 0 Å². The van der Waals surface area contributed by atoms with Gasteiger partial charge in [0, 0.05) is 11.1 Å². The van der Waals surface area contributed by atoms with Gasteiger partial charge in [-0.2, -0.15) is 0 Å². The maximum absolute atomic E-state index is 12.1. The number of amides is 1. The largest absolute Gasteiger partial charge is 0.296 e. The molecule has 0 aromatic carbocycles. The summed E-state index contributed by atoms with van der Waals surface area (Å²) in [6, 6.07) is 0. The normalized spacial score (nSPS) is 17.6. The molecule has 0 aliphatic heterocycles. The van der Waals surface area contributed by atoms with Crippen LogP contribution in [-0.4, -0.2) is 20.9 Å². The van der Waals surface area contributed by atoms with Crippen LogP contribution in [0, 0.1) is 12.8 Å². The number of carbonyl (C=O) groups excluding carboxylic acids is 1. The second-order valence-corrected chi connectivity index (χ2v) is 6.32. The summed E-state index contributed by atoms with van der Waals surface area (Å²) in [6.45, 7) is 4.09. The molecule has 2 heterocycles. The van der Waals surface area contributed by atoms with E-state index in [1.54, 1.807) is 17.5 Å². The summed E-state index contributed by atoms with van der Waals surface area (Å²) < 4.78 is 0. The number of carbonyl (C=O) groups is 1. The summed E-state index contributed by atoms with van der Waals surface area (Å²) in [7, 11) is 0. The molecule has 6 heteroatoms. The molecule has 1 aliphatic rings. The molecule has 2 aromatic heterocycles. The topological polar surface area (TPSA) is 67.8 Å². The molecule has 0 saturated carbocycles. The molecule has 1 aliphatic carbocycles. The van der Waals surface area contributed by atoms with E-state index in [0.29, 0.717) is 16.7 Å². The highest BCUT2D eigenvalue weighted by molar-refractivity contribution is 7.15. The van der Waals surface area contributed by atoms with Crippen LogP contribution in [0.25, 0.3) is 0 Å². The van der Waals surface area contributed by atoms with E-state index in [1.165, 1.54) is 17.5 Å². The van der Waals surface area contributed by atoms with Crippen molar-refractivity contribution in [1.29, 1.82) is 0 Å². The highest BCUT2D eigenvalue weighted by Crippen LogP contribution is 2.32. The molecule has 2 aromatic rings. The summed E-state index contributed by atoms with van der Waals surface area (Å²) >= 11 is 1.57. The Hall–Kier alpha value is -1.82. The van der Waals surface area contributed by atoms with Crippen molar-refractivity contribution in [3.8, 4) is 0 Å². The quantitative estimate of drug-likeness (QED) is 0.922. The third kappa shape index (κ3) is 2.70. The number of anilines is 1. The van der Waals surface area contributed by atoms with Crippen molar-refractivity contribution in [2.75, 3.05) is 5.32 Å². The van der Waals surface area contributed by atoms with Crippen molar-refractivity contribution in [2.45, 2.75) is 33.1 Å². The van der Waals surface area contributed by atoms with Gasteiger partial charge in [-0.05, 0) is 32.1 Å². The van der Waals surface area contributed by atoms with Crippen molar-refractivity contribution >= 4 is 22.4 Å². The number of fused-ring (bicyclic) bond motifs is 1. The van der Waals surface area contributed by atoms with Gasteiger partial charge in [0.15, 0.2) is 5.13 Å². The van der Waals surface area contributed by atoms with Crippen LogP contribution in [0.1, 0.15) is 40.1 Å². The molecule has 0 fully saturated rings. The second kappa shape index (κ2) is 5.28. The van der Waals surface area contributed by atoms with Crippen LogP contribution in [0.3, 0.4) is 0 Å². The van der Waals surface area contributed by atoms with E-state index in [0.717, 1.165) is 24.2 Å². The van der Waals surface area contributed by atoms with Crippen LogP contribution in [-0.2, 0) is 12.8 Å². The Kier molecular flexibility index (Phi) is 3.48. The second-order valence-electron chi connectivity index (χ2n) is 5.23. The van der Waals surface area contributed by atoms with E-state index < -0.39 is 0 Å². The van der Waals surface area contributed by atoms with Gasteiger partial charge in [-0.1, -0.05) is 6.92 Å². The lowest BCUT2D eigenvalue weighted by Gasteiger charge is -2.15. The molecule has 1 amide bonds.